The minimum atomic E-state index is -0.435. The average Bonchev–Trinajstić information content (AvgIpc) is 2.87. The lowest BCUT2D eigenvalue weighted by Gasteiger charge is -2.37. The fourth-order valence-electron chi connectivity index (χ4n) is 2.92. The summed E-state index contributed by atoms with van der Waals surface area (Å²) >= 11 is 0. The van der Waals surface area contributed by atoms with Gasteiger partial charge in [0.1, 0.15) is 5.60 Å². The van der Waals surface area contributed by atoms with E-state index in [1.165, 1.54) is 0 Å². The van der Waals surface area contributed by atoms with Crippen LogP contribution in [0.15, 0.2) is 0 Å². The molecule has 2 aliphatic rings. The number of piperidine rings is 1. The molecule has 2 fully saturated rings. The van der Waals surface area contributed by atoms with E-state index in [2.05, 4.69) is 18.7 Å². The number of rotatable bonds is 2. The van der Waals surface area contributed by atoms with Gasteiger partial charge in [-0.25, -0.2) is 4.79 Å². The molecule has 0 aromatic rings. The summed E-state index contributed by atoms with van der Waals surface area (Å²) in [6, 6.07) is 1.49. The molecule has 116 valence electrons. The van der Waals surface area contributed by atoms with E-state index in [0.717, 1.165) is 13.0 Å². The third-order valence-electron chi connectivity index (χ3n) is 4.54. The first kappa shape index (κ1) is 15.6. The fraction of sp³-hybridized carbons (Fsp3) is 0.933. The monoisotopic (exact) mass is 283 g/mol. The number of carbonyl (C=O) groups excluding carboxylic acids is 1. The molecule has 0 saturated carbocycles. The van der Waals surface area contributed by atoms with E-state index in [1.807, 2.05) is 25.7 Å². The van der Waals surface area contributed by atoms with Crippen molar-refractivity contribution in [2.75, 3.05) is 19.6 Å². The van der Waals surface area contributed by atoms with Crippen LogP contribution >= 0.6 is 0 Å². The van der Waals surface area contributed by atoms with Crippen LogP contribution in [0.3, 0.4) is 0 Å². The largest absolute Gasteiger partial charge is 0.444 e. The smallest absolute Gasteiger partial charge is 0.410 e. The number of likely N-dealkylation sites (tertiary alicyclic amines) is 1. The van der Waals surface area contributed by atoms with Gasteiger partial charge in [-0.1, -0.05) is 0 Å². The van der Waals surface area contributed by atoms with Crippen LogP contribution in [0.2, 0.25) is 0 Å². The van der Waals surface area contributed by atoms with Crippen LogP contribution in [0.1, 0.15) is 41.0 Å². The van der Waals surface area contributed by atoms with Crippen molar-refractivity contribution in [3.05, 3.63) is 0 Å². The van der Waals surface area contributed by atoms with Crippen LogP contribution in [-0.2, 0) is 4.74 Å². The Bertz CT molecular complexity index is 359. The minimum absolute atomic E-state index is 0.189. The molecule has 1 amide bonds. The zero-order chi connectivity index (χ0) is 15.1. The number of ether oxygens (including phenoxy) is 1. The predicted molar refractivity (Wildman–Crippen MR) is 79.5 cm³/mol. The third-order valence-corrected chi connectivity index (χ3v) is 4.54. The van der Waals surface area contributed by atoms with Crippen LogP contribution in [0.5, 0.6) is 0 Å². The summed E-state index contributed by atoms with van der Waals surface area (Å²) in [5.74, 6) is 0.351. The summed E-state index contributed by atoms with van der Waals surface area (Å²) in [6.07, 6.45) is 0.654. The highest BCUT2D eigenvalue weighted by molar-refractivity contribution is 5.68. The Morgan fingerprint density at radius 1 is 1.30 bits per heavy atom. The van der Waals surface area contributed by atoms with Crippen LogP contribution in [-0.4, -0.2) is 59.3 Å². The number of hydrogen-bond donors (Lipinski definition) is 1. The van der Waals surface area contributed by atoms with Crippen molar-refractivity contribution in [3.8, 4) is 0 Å². The zero-order valence-corrected chi connectivity index (χ0v) is 13.4. The number of amides is 1. The molecule has 0 aromatic heterocycles. The van der Waals surface area contributed by atoms with Gasteiger partial charge >= 0.3 is 6.09 Å². The van der Waals surface area contributed by atoms with Gasteiger partial charge in [0, 0.05) is 43.7 Å². The summed E-state index contributed by atoms with van der Waals surface area (Å²) in [5, 5.41) is 0. The SMILES string of the molecule is CC1C(C)N1C[C@@H]1CN(C(=O)OC(C)(C)C)CC[C@H]1N. The van der Waals surface area contributed by atoms with E-state index in [4.69, 9.17) is 10.5 Å². The van der Waals surface area contributed by atoms with E-state index in [1.54, 1.807) is 0 Å². The summed E-state index contributed by atoms with van der Waals surface area (Å²) in [7, 11) is 0. The molecule has 2 N–H and O–H groups in total. The maximum absolute atomic E-state index is 12.1. The van der Waals surface area contributed by atoms with Gasteiger partial charge in [0.05, 0.1) is 0 Å². The summed E-state index contributed by atoms with van der Waals surface area (Å²) < 4.78 is 5.46. The first-order valence-corrected chi connectivity index (χ1v) is 7.68. The molecular weight excluding hydrogens is 254 g/mol. The molecule has 2 rings (SSSR count). The molecule has 20 heavy (non-hydrogen) atoms. The van der Waals surface area contributed by atoms with Crippen molar-refractivity contribution >= 4 is 6.09 Å². The van der Waals surface area contributed by atoms with Crippen molar-refractivity contribution in [1.29, 1.82) is 0 Å². The molecule has 5 nitrogen and oxygen atoms in total. The molecule has 0 aromatic carbocycles. The second-order valence-corrected chi connectivity index (χ2v) is 7.32. The molecule has 2 heterocycles. The van der Waals surface area contributed by atoms with Crippen molar-refractivity contribution in [3.63, 3.8) is 0 Å². The average molecular weight is 283 g/mol. The Kier molecular flexibility index (Phi) is 4.30. The third kappa shape index (κ3) is 3.64. The van der Waals surface area contributed by atoms with Gasteiger partial charge in [-0.3, -0.25) is 4.90 Å². The molecule has 0 spiro atoms. The fourth-order valence-corrected chi connectivity index (χ4v) is 2.92. The molecule has 2 unspecified atom stereocenters. The van der Waals surface area contributed by atoms with Gasteiger partial charge in [-0.2, -0.15) is 0 Å². The second kappa shape index (κ2) is 5.53. The molecule has 0 aliphatic carbocycles. The van der Waals surface area contributed by atoms with Gasteiger partial charge < -0.3 is 15.4 Å². The van der Waals surface area contributed by atoms with Gasteiger partial charge in [-0.15, -0.1) is 0 Å². The Labute approximate surface area is 122 Å². The van der Waals surface area contributed by atoms with Gasteiger partial charge in [0.25, 0.3) is 0 Å². The number of hydrogen-bond acceptors (Lipinski definition) is 4. The minimum Gasteiger partial charge on any atom is -0.444 e. The van der Waals surface area contributed by atoms with Gasteiger partial charge in [0.2, 0.25) is 0 Å². The Morgan fingerprint density at radius 2 is 1.90 bits per heavy atom. The molecule has 4 atom stereocenters. The van der Waals surface area contributed by atoms with Crippen LogP contribution in [0.4, 0.5) is 4.79 Å². The maximum atomic E-state index is 12.1. The summed E-state index contributed by atoms with van der Waals surface area (Å²) in [4.78, 5) is 16.4. The molecule has 5 heteroatoms. The first-order chi connectivity index (χ1) is 9.19. The standard InChI is InChI=1S/C15H29N3O2/c1-10-11(2)18(10)9-12-8-17(7-6-13(12)16)14(19)20-15(3,4)5/h10-13H,6-9,16H2,1-5H3/t10?,11?,12-,13+,18?/m0/s1. The van der Waals surface area contributed by atoms with Crippen molar-refractivity contribution in [2.24, 2.45) is 11.7 Å². The Morgan fingerprint density at radius 3 is 2.40 bits per heavy atom. The Balaban J connectivity index is 1.89. The quantitative estimate of drug-likeness (QED) is 0.783. The van der Waals surface area contributed by atoms with E-state index in [0.29, 0.717) is 31.1 Å². The lowest BCUT2D eigenvalue weighted by molar-refractivity contribution is 0.0138. The van der Waals surface area contributed by atoms with Crippen LogP contribution in [0, 0.1) is 5.92 Å². The van der Waals surface area contributed by atoms with Crippen molar-refractivity contribution in [2.45, 2.75) is 64.8 Å². The molecule has 2 saturated heterocycles. The lowest BCUT2D eigenvalue weighted by atomic mass is 9.93. The van der Waals surface area contributed by atoms with Gasteiger partial charge in [0.15, 0.2) is 0 Å². The summed E-state index contributed by atoms with van der Waals surface area (Å²) in [5.41, 5.74) is 5.79. The number of carbonyl (C=O) groups is 1. The normalized spacial score (nSPS) is 37.7. The van der Waals surface area contributed by atoms with E-state index < -0.39 is 5.60 Å². The predicted octanol–water partition coefficient (Wildman–Crippen LogP) is 1.66. The molecule has 0 radical (unpaired) electrons. The van der Waals surface area contributed by atoms with E-state index in [-0.39, 0.29) is 12.1 Å². The number of nitrogens with two attached hydrogens (primary N) is 1. The topological polar surface area (TPSA) is 58.6 Å². The molecule has 2 aliphatic heterocycles. The molecule has 0 bridgehead atoms. The maximum Gasteiger partial charge on any atom is 0.410 e. The van der Waals surface area contributed by atoms with E-state index in [9.17, 15) is 4.79 Å². The second-order valence-electron chi connectivity index (χ2n) is 7.32. The van der Waals surface area contributed by atoms with Crippen LogP contribution in [0.25, 0.3) is 0 Å². The summed E-state index contributed by atoms with van der Waals surface area (Å²) in [6.45, 7) is 12.6. The van der Waals surface area contributed by atoms with Crippen LogP contribution < -0.4 is 5.73 Å². The van der Waals surface area contributed by atoms with Gasteiger partial charge in [-0.05, 0) is 41.0 Å². The highest BCUT2D eigenvalue weighted by atomic mass is 16.6. The highest BCUT2D eigenvalue weighted by Gasteiger charge is 2.43. The van der Waals surface area contributed by atoms with Crippen molar-refractivity contribution in [1.82, 2.24) is 9.80 Å². The number of nitrogens with zero attached hydrogens (tertiary/aromatic N) is 2. The zero-order valence-electron chi connectivity index (χ0n) is 13.4. The molecular formula is C15H29N3O2. The lowest BCUT2D eigenvalue weighted by Crippen LogP contribution is -2.52. The van der Waals surface area contributed by atoms with E-state index >= 15 is 0 Å². The van der Waals surface area contributed by atoms with Crippen molar-refractivity contribution < 1.29 is 9.53 Å². The highest BCUT2D eigenvalue weighted by Crippen LogP contribution is 2.30. The Hall–Kier alpha value is -0.810. The first-order valence-electron chi connectivity index (χ1n) is 7.68.